The van der Waals surface area contributed by atoms with E-state index in [-0.39, 0.29) is 40.6 Å². The van der Waals surface area contributed by atoms with Crippen LogP contribution in [-0.2, 0) is 16.0 Å². The van der Waals surface area contributed by atoms with Crippen LogP contribution in [0, 0.1) is 6.92 Å². The van der Waals surface area contributed by atoms with Crippen molar-refractivity contribution in [2.24, 2.45) is 0 Å². The second kappa shape index (κ2) is 13.9. The lowest BCUT2D eigenvalue weighted by Gasteiger charge is -2.40. The molecule has 2 aromatic rings. The molecular weight excluding hydrogens is 549 g/mol. The molecule has 0 bridgehead atoms. The number of rotatable bonds is 10. The SMILES string of the molecule is Cc1cc(Cl)nc(Cl)c1C(=O)NCCC(C)N1CCC(N(Cc2ccsc2)C(=O)NCC2OCCO2)CC1. The lowest BCUT2D eigenvalue weighted by molar-refractivity contribution is -0.0381. The minimum absolute atomic E-state index is 0.0878. The van der Waals surface area contributed by atoms with Crippen LogP contribution in [0.4, 0.5) is 4.79 Å². The molecule has 1 unspecified atom stereocenters. The zero-order chi connectivity index (χ0) is 27.1. The number of nitrogens with one attached hydrogen (secondary N) is 2. The summed E-state index contributed by atoms with van der Waals surface area (Å²) in [6.07, 6.45) is 2.20. The van der Waals surface area contributed by atoms with Gasteiger partial charge >= 0.3 is 6.03 Å². The Labute approximate surface area is 237 Å². The Balaban J connectivity index is 1.25. The third-order valence-electron chi connectivity index (χ3n) is 7.08. The molecular formula is C26H35Cl2N5O4S. The summed E-state index contributed by atoms with van der Waals surface area (Å²) in [5.74, 6) is -0.244. The van der Waals surface area contributed by atoms with Crippen LogP contribution in [0.5, 0.6) is 0 Å². The number of halogens is 2. The molecule has 3 amide bonds. The summed E-state index contributed by atoms with van der Waals surface area (Å²) < 4.78 is 10.9. The number of nitrogens with zero attached hydrogens (tertiary/aromatic N) is 3. The minimum atomic E-state index is -0.374. The molecule has 4 heterocycles. The number of hydrogen-bond acceptors (Lipinski definition) is 7. The maximum atomic E-state index is 13.2. The Bertz CT molecular complexity index is 1050. The lowest BCUT2D eigenvalue weighted by atomic mass is 10.0. The van der Waals surface area contributed by atoms with Crippen LogP contribution in [-0.4, -0.2) is 84.5 Å². The van der Waals surface area contributed by atoms with E-state index in [1.54, 1.807) is 24.3 Å². The molecule has 4 rings (SSSR count). The Morgan fingerprint density at radius 1 is 1.24 bits per heavy atom. The van der Waals surface area contributed by atoms with Crippen molar-refractivity contribution in [1.82, 2.24) is 25.4 Å². The lowest BCUT2D eigenvalue weighted by Crippen LogP contribution is -2.52. The Morgan fingerprint density at radius 2 is 1.97 bits per heavy atom. The van der Waals surface area contributed by atoms with E-state index in [1.807, 2.05) is 10.3 Å². The zero-order valence-electron chi connectivity index (χ0n) is 21.8. The Morgan fingerprint density at radius 3 is 2.63 bits per heavy atom. The summed E-state index contributed by atoms with van der Waals surface area (Å²) in [7, 11) is 0. The van der Waals surface area contributed by atoms with E-state index in [0.29, 0.717) is 44.0 Å². The van der Waals surface area contributed by atoms with Gasteiger partial charge in [0.2, 0.25) is 0 Å². The number of pyridine rings is 1. The maximum absolute atomic E-state index is 13.2. The standard InChI is InChI=1S/C26H35Cl2N5O4S/c1-17-13-21(27)31-24(28)23(17)25(34)29-7-3-18(2)32-8-4-20(5-9-32)33(15-19-6-12-38-16-19)26(35)30-14-22-36-10-11-37-22/h6,12-13,16,18,20,22H,3-5,7-11,14-15H2,1-2H3,(H,29,34)(H,30,35). The number of aryl methyl sites for hydroxylation is 1. The van der Waals surface area contributed by atoms with Gasteiger partial charge in [0, 0.05) is 38.3 Å². The summed E-state index contributed by atoms with van der Waals surface area (Å²) >= 11 is 13.7. The predicted molar refractivity (Wildman–Crippen MR) is 149 cm³/mol. The first-order valence-corrected chi connectivity index (χ1v) is 14.7. The molecule has 0 saturated carbocycles. The average Bonchev–Trinajstić information content (AvgIpc) is 3.60. The fourth-order valence-electron chi connectivity index (χ4n) is 4.92. The fourth-order valence-corrected chi connectivity index (χ4v) is 6.19. The van der Waals surface area contributed by atoms with Crippen LogP contribution < -0.4 is 10.6 Å². The largest absolute Gasteiger partial charge is 0.352 e. The topological polar surface area (TPSA) is 96.0 Å². The molecule has 1 atom stereocenters. The van der Waals surface area contributed by atoms with Gasteiger partial charge in [-0.05, 0) is 67.1 Å². The second-order valence-electron chi connectivity index (χ2n) is 9.71. The molecule has 0 radical (unpaired) electrons. The summed E-state index contributed by atoms with van der Waals surface area (Å²) in [6.45, 7) is 8.30. The van der Waals surface area contributed by atoms with E-state index in [2.05, 4.69) is 38.9 Å². The summed E-state index contributed by atoms with van der Waals surface area (Å²) in [4.78, 5) is 34.2. The summed E-state index contributed by atoms with van der Waals surface area (Å²) in [5.41, 5.74) is 2.19. The predicted octanol–water partition coefficient (Wildman–Crippen LogP) is 4.32. The number of aromatic nitrogens is 1. The highest BCUT2D eigenvalue weighted by Gasteiger charge is 2.30. The smallest absolute Gasteiger partial charge is 0.318 e. The zero-order valence-corrected chi connectivity index (χ0v) is 24.1. The molecule has 0 aromatic carbocycles. The quantitative estimate of drug-likeness (QED) is 0.404. The van der Waals surface area contributed by atoms with Crippen molar-refractivity contribution in [1.29, 1.82) is 0 Å². The van der Waals surface area contributed by atoms with Crippen molar-refractivity contribution in [2.75, 3.05) is 39.4 Å². The second-order valence-corrected chi connectivity index (χ2v) is 11.2. The third kappa shape index (κ3) is 7.80. The van der Waals surface area contributed by atoms with Gasteiger partial charge in [0.1, 0.15) is 10.3 Å². The van der Waals surface area contributed by atoms with Crippen LogP contribution >= 0.6 is 34.5 Å². The molecule has 0 spiro atoms. The number of carbonyl (C=O) groups excluding carboxylic acids is 2. The summed E-state index contributed by atoms with van der Waals surface area (Å²) in [5, 5.41) is 10.5. The van der Waals surface area contributed by atoms with E-state index < -0.39 is 0 Å². The van der Waals surface area contributed by atoms with Gasteiger partial charge < -0.3 is 29.9 Å². The number of piperidine rings is 1. The number of ether oxygens (including phenoxy) is 2. The van der Waals surface area contributed by atoms with Crippen molar-refractivity contribution in [3.05, 3.63) is 49.9 Å². The highest BCUT2D eigenvalue weighted by atomic mass is 35.5. The van der Waals surface area contributed by atoms with Crippen molar-refractivity contribution in [2.45, 2.75) is 58.0 Å². The van der Waals surface area contributed by atoms with Gasteiger partial charge in [0.25, 0.3) is 5.91 Å². The summed E-state index contributed by atoms with van der Waals surface area (Å²) in [6, 6.07) is 4.04. The van der Waals surface area contributed by atoms with Crippen LogP contribution in [0.25, 0.3) is 0 Å². The highest BCUT2D eigenvalue weighted by Crippen LogP contribution is 2.23. The Hall–Kier alpha value is -1.95. The fraction of sp³-hybridized carbons (Fsp3) is 0.577. The van der Waals surface area contributed by atoms with E-state index in [0.717, 1.165) is 37.9 Å². The first kappa shape index (κ1) is 29.0. The monoisotopic (exact) mass is 583 g/mol. The maximum Gasteiger partial charge on any atom is 0.318 e. The van der Waals surface area contributed by atoms with Gasteiger partial charge in [-0.2, -0.15) is 11.3 Å². The van der Waals surface area contributed by atoms with Crippen LogP contribution in [0.2, 0.25) is 10.3 Å². The first-order chi connectivity index (χ1) is 18.3. The molecule has 2 aliphatic heterocycles. The van der Waals surface area contributed by atoms with Gasteiger partial charge in [-0.25, -0.2) is 9.78 Å². The van der Waals surface area contributed by atoms with Crippen molar-refractivity contribution in [3.63, 3.8) is 0 Å². The molecule has 2 fully saturated rings. The molecule has 208 valence electrons. The number of hydrogen-bond donors (Lipinski definition) is 2. The van der Waals surface area contributed by atoms with Crippen LogP contribution in [0.15, 0.2) is 22.9 Å². The third-order valence-corrected chi connectivity index (χ3v) is 8.28. The number of urea groups is 1. The van der Waals surface area contributed by atoms with Gasteiger partial charge in [0.05, 0.1) is 25.3 Å². The van der Waals surface area contributed by atoms with E-state index in [9.17, 15) is 9.59 Å². The molecule has 12 heteroatoms. The van der Waals surface area contributed by atoms with E-state index >= 15 is 0 Å². The number of likely N-dealkylation sites (tertiary alicyclic amines) is 1. The minimum Gasteiger partial charge on any atom is -0.352 e. The number of amides is 3. The molecule has 0 aliphatic carbocycles. The highest BCUT2D eigenvalue weighted by molar-refractivity contribution is 7.07. The molecule has 2 aliphatic rings. The number of carbonyl (C=O) groups is 2. The molecule has 2 aromatic heterocycles. The van der Waals surface area contributed by atoms with Crippen LogP contribution in [0.1, 0.15) is 47.7 Å². The molecule has 2 N–H and O–H groups in total. The van der Waals surface area contributed by atoms with Crippen molar-refractivity contribution < 1.29 is 19.1 Å². The Kier molecular flexibility index (Phi) is 10.6. The van der Waals surface area contributed by atoms with E-state index in [4.69, 9.17) is 32.7 Å². The van der Waals surface area contributed by atoms with E-state index in [1.165, 1.54) is 0 Å². The van der Waals surface area contributed by atoms with Gasteiger partial charge in [-0.3, -0.25) is 4.79 Å². The molecule has 2 saturated heterocycles. The van der Waals surface area contributed by atoms with Gasteiger partial charge in [0.15, 0.2) is 6.29 Å². The number of thiophene rings is 1. The first-order valence-electron chi connectivity index (χ1n) is 13.0. The normalized spacial score (nSPS) is 17.9. The molecule has 9 nitrogen and oxygen atoms in total. The van der Waals surface area contributed by atoms with Crippen molar-refractivity contribution in [3.8, 4) is 0 Å². The van der Waals surface area contributed by atoms with Crippen LogP contribution in [0.3, 0.4) is 0 Å². The van der Waals surface area contributed by atoms with Gasteiger partial charge in [-0.1, -0.05) is 23.2 Å². The van der Waals surface area contributed by atoms with Gasteiger partial charge in [-0.15, -0.1) is 0 Å². The van der Waals surface area contributed by atoms with Crippen molar-refractivity contribution >= 4 is 46.5 Å². The molecule has 38 heavy (non-hydrogen) atoms. The average molecular weight is 585 g/mol.